The van der Waals surface area contributed by atoms with Crippen molar-refractivity contribution >= 4 is 11.7 Å². The number of aliphatic hydroxyl groups is 1. The molecule has 1 aliphatic rings. The van der Waals surface area contributed by atoms with E-state index in [1.165, 1.54) is 0 Å². The molecule has 1 unspecified atom stereocenters. The lowest BCUT2D eigenvalue weighted by atomic mass is 9.79. The minimum atomic E-state index is -1.07. The highest BCUT2D eigenvalue weighted by atomic mass is 16.5. The molecule has 6 nitrogen and oxygen atoms in total. The van der Waals surface area contributed by atoms with Gasteiger partial charge in [-0.25, -0.2) is 4.79 Å². The summed E-state index contributed by atoms with van der Waals surface area (Å²) in [5, 5.41) is 16.7. The van der Waals surface area contributed by atoms with Crippen molar-refractivity contribution in [1.82, 2.24) is 5.32 Å². The van der Waals surface area contributed by atoms with Crippen LogP contribution in [-0.4, -0.2) is 31.4 Å². The van der Waals surface area contributed by atoms with Crippen LogP contribution in [0.1, 0.15) is 30.9 Å². The van der Waals surface area contributed by atoms with Crippen LogP contribution >= 0.6 is 0 Å². The van der Waals surface area contributed by atoms with Crippen molar-refractivity contribution < 1.29 is 19.4 Å². The Labute approximate surface area is 159 Å². The first-order chi connectivity index (χ1) is 13.0. The zero-order chi connectivity index (χ0) is 19.3. The SMILES string of the molecule is CCOc1ccc(NC(=O)NCC2(O)CCCc3cc(OC)ccc32)cc1. The summed E-state index contributed by atoms with van der Waals surface area (Å²) >= 11 is 0. The van der Waals surface area contributed by atoms with E-state index in [4.69, 9.17) is 9.47 Å². The fourth-order valence-corrected chi connectivity index (χ4v) is 3.45. The van der Waals surface area contributed by atoms with Crippen LogP contribution in [0.5, 0.6) is 11.5 Å². The van der Waals surface area contributed by atoms with Gasteiger partial charge in [0.2, 0.25) is 0 Å². The summed E-state index contributed by atoms with van der Waals surface area (Å²) in [6.07, 6.45) is 2.36. The highest BCUT2D eigenvalue weighted by molar-refractivity contribution is 5.89. The van der Waals surface area contributed by atoms with Gasteiger partial charge in [0.05, 0.1) is 20.3 Å². The van der Waals surface area contributed by atoms with Crippen LogP contribution in [0.25, 0.3) is 0 Å². The van der Waals surface area contributed by atoms with E-state index in [9.17, 15) is 9.90 Å². The molecule has 27 heavy (non-hydrogen) atoms. The molecule has 0 aromatic heterocycles. The number of benzene rings is 2. The molecule has 1 aliphatic carbocycles. The molecule has 3 N–H and O–H groups in total. The number of methoxy groups -OCH3 is 1. The molecule has 0 fully saturated rings. The van der Waals surface area contributed by atoms with Gasteiger partial charge in [-0.05, 0) is 73.7 Å². The maximum atomic E-state index is 12.2. The molecule has 0 radical (unpaired) electrons. The number of rotatable bonds is 6. The van der Waals surface area contributed by atoms with Crippen LogP contribution in [0.15, 0.2) is 42.5 Å². The van der Waals surface area contributed by atoms with Gasteiger partial charge >= 0.3 is 6.03 Å². The summed E-state index contributed by atoms with van der Waals surface area (Å²) in [6, 6.07) is 12.5. The lowest BCUT2D eigenvalue weighted by molar-refractivity contribution is 0.0220. The van der Waals surface area contributed by atoms with Gasteiger partial charge in [0, 0.05) is 5.69 Å². The number of ether oxygens (including phenoxy) is 2. The number of nitrogens with one attached hydrogen (secondary N) is 2. The Morgan fingerprint density at radius 2 is 1.93 bits per heavy atom. The number of hydrogen-bond donors (Lipinski definition) is 3. The Balaban J connectivity index is 1.62. The van der Waals surface area contributed by atoms with E-state index in [-0.39, 0.29) is 12.6 Å². The van der Waals surface area contributed by atoms with Crippen LogP contribution < -0.4 is 20.1 Å². The van der Waals surface area contributed by atoms with Gasteiger partial charge in [0.15, 0.2) is 0 Å². The lowest BCUT2D eigenvalue weighted by Gasteiger charge is -2.34. The van der Waals surface area contributed by atoms with Crippen LogP contribution in [0.2, 0.25) is 0 Å². The van der Waals surface area contributed by atoms with Gasteiger partial charge in [-0.15, -0.1) is 0 Å². The fraction of sp³-hybridized carbons (Fsp3) is 0.381. The first kappa shape index (κ1) is 19.0. The molecule has 0 saturated carbocycles. The van der Waals surface area contributed by atoms with Crippen molar-refractivity contribution in [2.75, 3.05) is 25.6 Å². The third kappa shape index (κ3) is 4.52. The average molecular weight is 370 g/mol. The molecule has 2 amide bonds. The average Bonchev–Trinajstić information content (AvgIpc) is 2.68. The maximum Gasteiger partial charge on any atom is 0.319 e. The second-order valence-electron chi connectivity index (χ2n) is 6.67. The minimum absolute atomic E-state index is 0.148. The summed E-state index contributed by atoms with van der Waals surface area (Å²) in [5.74, 6) is 1.53. The predicted octanol–water partition coefficient (Wildman–Crippen LogP) is 3.44. The molecule has 2 aromatic rings. The van der Waals surface area contributed by atoms with E-state index in [0.717, 1.165) is 35.5 Å². The third-order valence-corrected chi connectivity index (χ3v) is 4.81. The Morgan fingerprint density at radius 3 is 2.63 bits per heavy atom. The molecule has 0 saturated heterocycles. The third-order valence-electron chi connectivity index (χ3n) is 4.81. The first-order valence-electron chi connectivity index (χ1n) is 9.21. The number of anilines is 1. The van der Waals surface area contributed by atoms with Crippen LogP contribution in [0.3, 0.4) is 0 Å². The van der Waals surface area contributed by atoms with Crippen LogP contribution in [-0.2, 0) is 12.0 Å². The smallest absolute Gasteiger partial charge is 0.319 e. The zero-order valence-corrected chi connectivity index (χ0v) is 15.7. The Bertz CT molecular complexity index is 791. The molecule has 0 spiro atoms. The van der Waals surface area contributed by atoms with E-state index >= 15 is 0 Å². The van der Waals surface area contributed by atoms with E-state index in [1.807, 2.05) is 25.1 Å². The highest BCUT2D eigenvalue weighted by Crippen LogP contribution is 2.36. The summed E-state index contributed by atoms with van der Waals surface area (Å²) in [6.45, 7) is 2.66. The number of carbonyl (C=O) groups excluding carboxylic acids is 1. The monoisotopic (exact) mass is 370 g/mol. The Morgan fingerprint density at radius 1 is 1.19 bits per heavy atom. The van der Waals surface area contributed by atoms with Gasteiger partial charge in [0.1, 0.15) is 17.1 Å². The minimum Gasteiger partial charge on any atom is -0.497 e. The van der Waals surface area contributed by atoms with Crippen molar-refractivity contribution in [2.24, 2.45) is 0 Å². The predicted molar refractivity (Wildman–Crippen MR) is 104 cm³/mol. The van der Waals surface area contributed by atoms with E-state index in [1.54, 1.807) is 31.4 Å². The van der Waals surface area contributed by atoms with Gasteiger partial charge in [0.25, 0.3) is 0 Å². The standard InChI is InChI=1S/C21H26N2O4/c1-3-27-17-8-6-16(7-9-17)23-20(24)22-14-21(25)12-4-5-15-13-18(26-2)10-11-19(15)21/h6-11,13,25H,3-5,12,14H2,1-2H3,(H2,22,23,24). The molecule has 2 aromatic carbocycles. The van der Waals surface area contributed by atoms with Crippen molar-refractivity contribution in [3.8, 4) is 11.5 Å². The van der Waals surface area contributed by atoms with Gasteiger partial charge in [-0.2, -0.15) is 0 Å². The molecular formula is C21H26N2O4. The van der Waals surface area contributed by atoms with Gasteiger partial charge in [-0.1, -0.05) is 6.07 Å². The molecule has 0 heterocycles. The van der Waals surface area contributed by atoms with Crippen LogP contribution in [0, 0.1) is 0 Å². The molecule has 6 heteroatoms. The number of hydrogen-bond acceptors (Lipinski definition) is 4. The number of urea groups is 1. The molecule has 0 aliphatic heterocycles. The van der Waals surface area contributed by atoms with Crippen LogP contribution in [0.4, 0.5) is 10.5 Å². The second-order valence-corrected chi connectivity index (χ2v) is 6.67. The van der Waals surface area contributed by atoms with Crippen molar-refractivity contribution in [3.63, 3.8) is 0 Å². The summed E-state index contributed by atoms with van der Waals surface area (Å²) in [4.78, 5) is 12.2. The molecule has 1 atom stereocenters. The number of fused-ring (bicyclic) bond motifs is 1. The Kier molecular flexibility index (Phi) is 5.86. The van der Waals surface area contributed by atoms with Crippen molar-refractivity contribution in [2.45, 2.75) is 31.8 Å². The van der Waals surface area contributed by atoms with E-state index < -0.39 is 5.60 Å². The first-order valence-corrected chi connectivity index (χ1v) is 9.21. The van der Waals surface area contributed by atoms with E-state index in [2.05, 4.69) is 10.6 Å². The van der Waals surface area contributed by atoms with Crippen molar-refractivity contribution in [1.29, 1.82) is 0 Å². The molecular weight excluding hydrogens is 344 g/mol. The second kappa shape index (κ2) is 8.31. The fourth-order valence-electron chi connectivity index (χ4n) is 3.45. The van der Waals surface area contributed by atoms with Gasteiger partial charge < -0.3 is 25.2 Å². The quantitative estimate of drug-likeness (QED) is 0.728. The summed E-state index contributed by atoms with van der Waals surface area (Å²) in [7, 11) is 1.63. The number of aryl methyl sites for hydroxylation is 1. The molecule has 3 rings (SSSR count). The van der Waals surface area contributed by atoms with Gasteiger partial charge in [-0.3, -0.25) is 0 Å². The zero-order valence-electron chi connectivity index (χ0n) is 15.7. The topological polar surface area (TPSA) is 79.8 Å². The Hall–Kier alpha value is -2.73. The van der Waals surface area contributed by atoms with E-state index in [0.29, 0.717) is 18.7 Å². The number of carbonyl (C=O) groups is 1. The highest BCUT2D eigenvalue weighted by Gasteiger charge is 2.34. The lowest BCUT2D eigenvalue weighted by Crippen LogP contribution is -2.44. The summed E-state index contributed by atoms with van der Waals surface area (Å²) < 4.78 is 10.7. The summed E-state index contributed by atoms with van der Waals surface area (Å²) in [5.41, 5.74) is 1.51. The molecule has 0 bridgehead atoms. The molecule has 144 valence electrons. The number of amides is 2. The normalized spacial score (nSPS) is 18.3. The largest absolute Gasteiger partial charge is 0.497 e. The maximum absolute atomic E-state index is 12.2. The van der Waals surface area contributed by atoms with Crippen molar-refractivity contribution in [3.05, 3.63) is 53.6 Å².